The van der Waals surface area contributed by atoms with Gasteiger partial charge in [-0.2, -0.15) is 5.26 Å². The van der Waals surface area contributed by atoms with E-state index in [4.69, 9.17) is 10.00 Å². The summed E-state index contributed by atoms with van der Waals surface area (Å²) >= 11 is 0. The van der Waals surface area contributed by atoms with E-state index in [2.05, 4.69) is 10.2 Å². The molecule has 2 aliphatic heterocycles. The molecule has 0 aliphatic carbocycles. The van der Waals surface area contributed by atoms with Crippen molar-refractivity contribution < 1.29 is 19.1 Å². The van der Waals surface area contributed by atoms with E-state index in [1.165, 1.54) is 12.1 Å². The highest BCUT2D eigenvalue weighted by atomic mass is 16.5. The summed E-state index contributed by atoms with van der Waals surface area (Å²) in [6.45, 7) is 4.85. The standard InChI is InChI=1S/C24H24N4O4/c25-15-17-2-4-18(5-3-17)16-28-23(30)20-7-6-19(14-21(20)24(28)31)22(29)26-8-1-9-27-10-12-32-13-11-27/h2-7,14H,1,8-13,16H2,(H,26,29). The Bertz CT molecular complexity index is 1070. The van der Waals surface area contributed by atoms with Gasteiger partial charge in [0.2, 0.25) is 0 Å². The van der Waals surface area contributed by atoms with Crippen molar-refractivity contribution in [1.82, 2.24) is 15.1 Å². The molecule has 0 atom stereocenters. The minimum Gasteiger partial charge on any atom is -0.379 e. The molecule has 8 nitrogen and oxygen atoms in total. The van der Waals surface area contributed by atoms with Crippen LogP contribution in [0.2, 0.25) is 0 Å². The van der Waals surface area contributed by atoms with Gasteiger partial charge in [0, 0.05) is 25.2 Å². The van der Waals surface area contributed by atoms with Crippen molar-refractivity contribution in [3.63, 3.8) is 0 Å². The van der Waals surface area contributed by atoms with Crippen LogP contribution in [0.5, 0.6) is 0 Å². The number of morpholine rings is 1. The van der Waals surface area contributed by atoms with Crippen LogP contribution in [0.1, 0.15) is 48.6 Å². The average Bonchev–Trinajstić information content (AvgIpc) is 3.07. The highest BCUT2D eigenvalue weighted by molar-refractivity contribution is 6.22. The summed E-state index contributed by atoms with van der Waals surface area (Å²) in [5.41, 5.74) is 2.15. The fourth-order valence-corrected chi connectivity index (χ4v) is 3.87. The van der Waals surface area contributed by atoms with E-state index in [9.17, 15) is 14.4 Å². The maximum atomic E-state index is 12.9. The maximum absolute atomic E-state index is 12.9. The number of carbonyl (C=O) groups excluding carboxylic acids is 3. The second kappa shape index (κ2) is 9.73. The van der Waals surface area contributed by atoms with Gasteiger partial charge in [0.25, 0.3) is 17.7 Å². The van der Waals surface area contributed by atoms with Gasteiger partial charge in [0.15, 0.2) is 0 Å². The van der Waals surface area contributed by atoms with E-state index >= 15 is 0 Å². The molecule has 32 heavy (non-hydrogen) atoms. The Hall–Kier alpha value is -3.54. The zero-order valence-electron chi connectivity index (χ0n) is 17.7. The van der Waals surface area contributed by atoms with Crippen molar-refractivity contribution in [2.45, 2.75) is 13.0 Å². The lowest BCUT2D eigenvalue weighted by molar-refractivity contribution is 0.0374. The van der Waals surface area contributed by atoms with Crippen molar-refractivity contribution in [1.29, 1.82) is 5.26 Å². The van der Waals surface area contributed by atoms with E-state index in [0.717, 1.165) is 49.7 Å². The number of imide groups is 1. The monoisotopic (exact) mass is 432 g/mol. The largest absolute Gasteiger partial charge is 0.379 e. The molecule has 1 fully saturated rings. The SMILES string of the molecule is N#Cc1ccc(CN2C(=O)c3ccc(C(=O)NCCCN4CCOCC4)cc3C2=O)cc1. The van der Waals surface area contributed by atoms with Crippen molar-refractivity contribution in [2.24, 2.45) is 0 Å². The van der Waals surface area contributed by atoms with Crippen molar-refractivity contribution >= 4 is 17.7 Å². The number of hydrogen-bond donors (Lipinski definition) is 1. The molecule has 3 amide bonds. The number of nitriles is 1. The van der Waals surface area contributed by atoms with Gasteiger partial charge in [-0.25, -0.2) is 0 Å². The van der Waals surface area contributed by atoms with Crippen molar-refractivity contribution in [3.05, 3.63) is 70.3 Å². The van der Waals surface area contributed by atoms with Crippen LogP contribution < -0.4 is 5.32 Å². The van der Waals surface area contributed by atoms with Gasteiger partial charge in [-0.05, 0) is 48.9 Å². The van der Waals surface area contributed by atoms with Crippen LogP contribution in [0, 0.1) is 11.3 Å². The number of hydrogen-bond acceptors (Lipinski definition) is 6. The number of fused-ring (bicyclic) bond motifs is 1. The predicted molar refractivity (Wildman–Crippen MR) is 116 cm³/mol. The van der Waals surface area contributed by atoms with Crippen molar-refractivity contribution in [3.8, 4) is 6.07 Å². The Labute approximate surface area is 186 Å². The lowest BCUT2D eigenvalue weighted by atomic mass is 10.1. The molecule has 0 bridgehead atoms. The smallest absolute Gasteiger partial charge is 0.261 e. The molecule has 1 saturated heterocycles. The molecule has 1 N–H and O–H groups in total. The van der Waals surface area contributed by atoms with E-state index in [-0.39, 0.29) is 23.9 Å². The molecule has 2 aromatic rings. The molecular formula is C24H24N4O4. The molecule has 0 saturated carbocycles. The predicted octanol–water partition coefficient (Wildman–Crippen LogP) is 1.81. The highest BCUT2D eigenvalue weighted by Crippen LogP contribution is 2.25. The number of carbonyl (C=O) groups is 3. The molecule has 164 valence electrons. The zero-order chi connectivity index (χ0) is 22.5. The third-order valence-corrected chi connectivity index (χ3v) is 5.70. The fraction of sp³-hybridized carbons (Fsp3) is 0.333. The molecule has 4 rings (SSSR count). The topological polar surface area (TPSA) is 103 Å². The first-order chi connectivity index (χ1) is 15.6. The van der Waals surface area contributed by atoms with Gasteiger partial charge in [0.05, 0.1) is 42.5 Å². The second-order valence-corrected chi connectivity index (χ2v) is 7.83. The third kappa shape index (κ3) is 4.69. The number of nitrogens with one attached hydrogen (secondary N) is 1. The minimum absolute atomic E-state index is 0.112. The summed E-state index contributed by atoms with van der Waals surface area (Å²) in [7, 11) is 0. The number of ether oxygens (including phenoxy) is 1. The van der Waals surface area contributed by atoms with Gasteiger partial charge in [-0.3, -0.25) is 24.2 Å². The summed E-state index contributed by atoms with van der Waals surface area (Å²) in [5.74, 6) is -1.07. The van der Waals surface area contributed by atoms with Gasteiger partial charge >= 0.3 is 0 Å². The molecule has 2 aliphatic rings. The van der Waals surface area contributed by atoms with Gasteiger partial charge in [-0.1, -0.05) is 12.1 Å². The molecular weight excluding hydrogens is 408 g/mol. The first-order valence-electron chi connectivity index (χ1n) is 10.6. The molecule has 2 heterocycles. The van der Waals surface area contributed by atoms with Crippen LogP contribution in [-0.2, 0) is 11.3 Å². The number of amides is 3. The van der Waals surface area contributed by atoms with Crippen LogP contribution in [0.4, 0.5) is 0 Å². The number of rotatable bonds is 7. The van der Waals surface area contributed by atoms with E-state index in [0.29, 0.717) is 23.2 Å². The first-order valence-corrected chi connectivity index (χ1v) is 10.6. The zero-order valence-corrected chi connectivity index (χ0v) is 17.7. The normalized spacial score (nSPS) is 16.0. The summed E-state index contributed by atoms with van der Waals surface area (Å²) in [6.07, 6.45) is 0.826. The number of nitrogens with zero attached hydrogens (tertiary/aromatic N) is 3. The summed E-state index contributed by atoms with van der Waals surface area (Å²) in [6, 6.07) is 13.4. The lowest BCUT2D eigenvalue weighted by Crippen LogP contribution is -2.38. The Morgan fingerprint density at radius 3 is 2.47 bits per heavy atom. The quantitative estimate of drug-likeness (QED) is 0.529. The Kier molecular flexibility index (Phi) is 6.59. The Morgan fingerprint density at radius 1 is 1.03 bits per heavy atom. The molecule has 0 spiro atoms. The average molecular weight is 432 g/mol. The summed E-state index contributed by atoms with van der Waals surface area (Å²) < 4.78 is 5.33. The third-order valence-electron chi connectivity index (χ3n) is 5.70. The summed E-state index contributed by atoms with van der Waals surface area (Å²) in [4.78, 5) is 41.6. The molecule has 0 aromatic heterocycles. The van der Waals surface area contributed by atoms with Gasteiger partial charge in [-0.15, -0.1) is 0 Å². The second-order valence-electron chi connectivity index (χ2n) is 7.83. The first kappa shape index (κ1) is 21.7. The Balaban J connectivity index is 1.36. The molecule has 8 heteroatoms. The van der Waals surface area contributed by atoms with Crippen LogP contribution >= 0.6 is 0 Å². The minimum atomic E-state index is -0.420. The van der Waals surface area contributed by atoms with Gasteiger partial charge < -0.3 is 10.1 Å². The highest BCUT2D eigenvalue weighted by Gasteiger charge is 2.36. The van der Waals surface area contributed by atoms with Crippen molar-refractivity contribution in [2.75, 3.05) is 39.4 Å². The van der Waals surface area contributed by atoms with E-state index in [1.807, 2.05) is 6.07 Å². The van der Waals surface area contributed by atoms with Crippen LogP contribution in [0.3, 0.4) is 0 Å². The van der Waals surface area contributed by atoms with Crippen LogP contribution in [0.25, 0.3) is 0 Å². The molecule has 2 aromatic carbocycles. The van der Waals surface area contributed by atoms with Gasteiger partial charge in [0.1, 0.15) is 0 Å². The van der Waals surface area contributed by atoms with E-state index in [1.54, 1.807) is 30.3 Å². The van der Waals surface area contributed by atoms with Crippen LogP contribution in [0.15, 0.2) is 42.5 Å². The molecule has 0 radical (unpaired) electrons. The maximum Gasteiger partial charge on any atom is 0.261 e. The number of benzene rings is 2. The summed E-state index contributed by atoms with van der Waals surface area (Å²) in [5, 5.41) is 11.8. The van der Waals surface area contributed by atoms with E-state index < -0.39 is 5.91 Å². The fourth-order valence-electron chi connectivity index (χ4n) is 3.87. The Morgan fingerprint density at radius 2 is 1.75 bits per heavy atom. The molecule has 0 unspecified atom stereocenters. The van der Waals surface area contributed by atoms with Crippen LogP contribution in [-0.4, -0.2) is 66.9 Å². The lowest BCUT2D eigenvalue weighted by Gasteiger charge is -2.26.